The second-order valence-electron chi connectivity index (χ2n) is 4.30. The molecule has 1 saturated heterocycles. The van der Waals surface area contributed by atoms with Gasteiger partial charge >= 0.3 is 5.97 Å². The molecule has 5 nitrogen and oxygen atoms in total. The highest BCUT2D eigenvalue weighted by atomic mass is 16.5. The van der Waals surface area contributed by atoms with Crippen molar-refractivity contribution in [1.29, 1.82) is 0 Å². The van der Waals surface area contributed by atoms with Crippen LogP contribution in [0.2, 0.25) is 0 Å². The van der Waals surface area contributed by atoms with E-state index in [2.05, 4.69) is 4.98 Å². The van der Waals surface area contributed by atoms with Crippen LogP contribution < -0.4 is 0 Å². The van der Waals surface area contributed by atoms with Crippen LogP contribution in [0, 0.1) is 0 Å². The molecule has 1 aliphatic rings. The number of imidazole rings is 1. The van der Waals surface area contributed by atoms with E-state index in [1.54, 1.807) is 16.5 Å². The molecule has 0 N–H and O–H groups in total. The van der Waals surface area contributed by atoms with Crippen LogP contribution >= 0.6 is 0 Å². The highest BCUT2D eigenvalue weighted by Gasteiger charge is 2.21. The van der Waals surface area contributed by atoms with E-state index in [0.29, 0.717) is 5.69 Å². The van der Waals surface area contributed by atoms with Crippen molar-refractivity contribution in [3.63, 3.8) is 0 Å². The topological polar surface area (TPSA) is 52.8 Å². The zero-order chi connectivity index (χ0) is 12.5. The van der Waals surface area contributed by atoms with Crippen molar-refractivity contribution >= 4 is 11.6 Å². The third kappa shape index (κ3) is 1.76. The predicted octanol–water partition coefficient (Wildman–Crippen LogP) is 1.97. The molecule has 18 heavy (non-hydrogen) atoms. The van der Waals surface area contributed by atoms with Crippen LogP contribution in [0.4, 0.5) is 0 Å². The molecule has 1 fully saturated rings. The summed E-state index contributed by atoms with van der Waals surface area (Å²) in [5, 5.41) is 0. The van der Waals surface area contributed by atoms with Crippen molar-refractivity contribution < 1.29 is 14.3 Å². The van der Waals surface area contributed by atoms with Crippen molar-refractivity contribution in [2.45, 2.75) is 18.9 Å². The average Bonchev–Trinajstić information content (AvgIpc) is 3.04. The number of fused-ring (bicyclic) bond motifs is 1. The Kier molecular flexibility index (Phi) is 2.76. The quantitative estimate of drug-likeness (QED) is 0.760. The summed E-state index contributed by atoms with van der Waals surface area (Å²) in [5.74, 6) is -0.364. The first kappa shape index (κ1) is 11.2. The van der Waals surface area contributed by atoms with Crippen LogP contribution in [0.5, 0.6) is 0 Å². The van der Waals surface area contributed by atoms with E-state index < -0.39 is 0 Å². The summed E-state index contributed by atoms with van der Waals surface area (Å²) in [7, 11) is 1.37. The van der Waals surface area contributed by atoms with E-state index >= 15 is 0 Å². The normalized spacial score (nSPS) is 19.3. The molecule has 5 heteroatoms. The standard InChI is InChI=1S/C13H14N2O3/c1-17-13(16)10-4-2-6-12-14-9(8-15(10)12)11-5-3-7-18-11/h2,4,6,8,11H,3,5,7H2,1H3. The molecule has 0 saturated carbocycles. The summed E-state index contributed by atoms with van der Waals surface area (Å²) in [6.07, 6.45) is 3.95. The van der Waals surface area contributed by atoms with Crippen molar-refractivity contribution in [2.75, 3.05) is 13.7 Å². The third-order valence-corrected chi connectivity index (χ3v) is 3.16. The maximum atomic E-state index is 11.7. The predicted molar refractivity (Wildman–Crippen MR) is 64.5 cm³/mol. The summed E-state index contributed by atoms with van der Waals surface area (Å²) in [4.78, 5) is 16.2. The monoisotopic (exact) mass is 246 g/mol. The summed E-state index contributed by atoms with van der Waals surface area (Å²) >= 11 is 0. The first-order valence-electron chi connectivity index (χ1n) is 5.97. The van der Waals surface area contributed by atoms with Gasteiger partial charge in [-0.1, -0.05) is 6.07 Å². The van der Waals surface area contributed by atoms with Gasteiger partial charge in [-0.2, -0.15) is 0 Å². The average molecular weight is 246 g/mol. The molecule has 1 aliphatic heterocycles. The Bertz CT molecular complexity index is 585. The van der Waals surface area contributed by atoms with Crippen LogP contribution in [0.1, 0.15) is 35.1 Å². The highest BCUT2D eigenvalue weighted by molar-refractivity contribution is 5.88. The Morgan fingerprint density at radius 3 is 3.17 bits per heavy atom. The van der Waals surface area contributed by atoms with Gasteiger partial charge in [0, 0.05) is 12.8 Å². The highest BCUT2D eigenvalue weighted by Crippen LogP contribution is 2.28. The van der Waals surface area contributed by atoms with Crippen molar-refractivity contribution in [2.24, 2.45) is 0 Å². The fourth-order valence-electron chi connectivity index (χ4n) is 2.27. The third-order valence-electron chi connectivity index (χ3n) is 3.16. The van der Waals surface area contributed by atoms with Crippen LogP contribution in [0.25, 0.3) is 5.65 Å². The van der Waals surface area contributed by atoms with Crippen LogP contribution in [0.15, 0.2) is 24.4 Å². The van der Waals surface area contributed by atoms with Gasteiger partial charge < -0.3 is 9.47 Å². The number of nitrogens with zero attached hydrogens (tertiary/aromatic N) is 2. The summed E-state index contributed by atoms with van der Waals surface area (Å²) < 4.78 is 12.1. The molecule has 3 heterocycles. The fourth-order valence-corrected chi connectivity index (χ4v) is 2.27. The maximum absolute atomic E-state index is 11.7. The molecule has 0 spiro atoms. The molecule has 0 bridgehead atoms. The van der Waals surface area contributed by atoms with Gasteiger partial charge in [0.15, 0.2) is 0 Å². The lowest BCUT2D eigenvalue weighted by molar-refractivity contribution is 0.0592. The number of carbonyl (C=O) groups excluding carboxylic acids is 1. The number of pyridine rings is 1. The molecule has 0 radical (unpaired) electrons. The Labute approximate surface area is 104 Å². The zero-order valence-corrected chi connectivity index (χ0v) is 10.1. The van der Waals surface area contributed by atoms with Gasteiger partial charge in [-0.15, -0.1) is 0 Å². The molecular formula is C13H14N2O3. The number of aromatic nitrogens is 2. The largest absolute Gasteiger partial charge is 0.464 e. The van der Waals surface area contributed by atoms with Gasteiger partial charge in [0.2, 0.25) is 0 Å². The van der Waals surface area contributed by atoms with Crippen molar-refractivity contribution in [3.8, 4) is 0 Å². The molecule has 0 amide bonds. The van der Waals surface area contributed by atoms with Gasteiger partial charge in [-0.3, -0.25) is 4.40 Å². The molecular weight excluding hydrogens is 232 g/mol. The minimum absolute atomic E-state index is 0.0513. The molecule has 2 aromatic rings. The molecule has 0 aliphatic carbocycles. The first-order chi connectivity index (χ1) is 8.79. The smallest absolute Gasteiger partial charge is 0.355 e. The lowest BCUT2D eigenvalue weighted by Gasteiger charge is -2.03. The van der Waals surface area contributed by atoms with E-state index in [1.807, 2.05) is 12.3 Å². The number of hydrogen-bond acceptors (Lipinski definition) is 4. The number of hydrogen-bond donors (Lipinski definition) is 0. The number of rotatable bonds is 2. The number of methoxy groups -OCH3 is 1. The van der Waals surface area contributed by atoms with E-state index in [0.717, 1.165) is 30.8 Å². The molecule has 0 aromatic carbocycles. The molecule has 3 rings (SSSR count). The van der Waals surface area contributed by atoms with Gasteiger partial charge in [0.05, 0.1) is 12.8 Å². The fraction of sp³-hybridized carbons (Fsp3) is 0.385. The van der Waals surface area contributed by atoms with Gasteiger partial charge in [-0.25, -0.2) is 9.78 Å². The Balaban J connectivity index is 2.08. The second kappa shape index (κ2) is 4.42. The van der Waals surface area contributed by atoms with E-state index in [4.69, 9.17) is 9.47 Å². The van der Waals surface area contributed by atoms with Crippen LogP contribution in [-0.4, -0.2) is 29.1 Å². The zero-order valence-electron chi connectivity index (χ0n) is 10.1. The summed E-state index contributed by atoms with van der Waals surface area (Å²) in [5.41, 5.74) is 2.10. The van der Waals surface area contributed by atoms with Gasteiger partial charge in [-0.05, 0) is 25.0 Å². The second-order valence-corrected chi connectivity index (χ2v) is 4.30. The van der Waals surface area contributed by atoms with Gasteiger partial charge in [0.1, 0.15) is 17.4 Å². The SMILES string of the molecule is COC(=O)c1cccc2nc(C3CCCO3)cn12. The Morgan fingerprint density at radius 1 is 1.56 bits per heavy atom. The molecule has 1 unspecified atom stereocenters. The van der Waals surface area contributed by atoms with E-state index in [-0.39, 0.29) is 12.1 Å². The first-order valence-corrected chi connectivity index (χ1v) is 5.97. The number of carbonyl (C=O) groups is 1. The lowest BCUT2D eigenvalue weighted by atomic mass is 10.2. The minimum Gasteiger partial charge on any atom is -0.464 e. The summed E-state index contributed by atoms with van der Waals surface area (Å²) in [6, 6.07) is 5.39. The maximum Gasteiger partial charge on any atom is 0.355 e. The lowest BCUT2D eigenvalue weighted by Crippen LogP contribution is -2.07. The van der Waals surface area contributed by atoms with Crippen LogP contribution in [-0.2, 0) is 9.47 Å². The molecule has 2 aromatic heterocycles. The Morgan fingerprint density at radius 2 is 2.44 bits per heavy atom. The van der Waals surface area contributed by atoms with Crippen molar-refractivity contribution in [1.82, 2.24) is 9.38 Å². The van der Waals surface area contributed by atoms with Crippen molar-refractivity contribution in [3.05, 3.63) is 35.8 Å². The number of ether oxygens (including phenoxy) is 2. The van der Waals surface area contributed by atoms with E-state index in [1.165, 1.54) is 7.11 Å². The Hall–Kier alpha value is -1.88. The number of esters is 1. The molecule has 94 valence electrons. The van der Waals surface area contributed by atoms with E-state index in [9.17, 15) is 4.79 Å². The molecule has 1 atom stereocenters. The minimum atomic E-state index is -0.364. The van der Waals surface area contributed by atoms with Crippen LogP contribution in [0.3, 0.4) is 0 Å². The van der Waals surface area contributed by atoms with Gasteiger partial charge in [0.25, 0.3) is 0 Å². The summed E-state index contributed by atoms with van der Waals surface area (Å²) in [6.45, 7) is 0.780.